The summed E-state index contributed by atoms with van der Waals surface area (Å²) in [6.07, 6.45) is 4.55. The van der Waals surface area contributed by atoms with Crippen LogP contribution in [0.1, 0.15) is 25.6 Å². The smallest absolute Gasteiger partial charge is 0.195 e. The van der Waals surface area contributed by atoms with E-state index in [-0.39, 0.29) is 0 Å². The van der Waals surface area contributed by atoms with Gasteiger partial charge in [-0.05, 0) is 37.6 Å². The third-order valence-electron chi connectivity index (χ3n) is 4.42. The van der Waals surface area contributed by atoms with Crippen LogP contribution in [0.4, 0.5) is 5.69 Å². The molecule has 0 radical (unpaired) electrons. The average Bonchev–Trinajstić information content (AvgIpc) is 3.18. The third-order valence-corrected chi connectivity index (χ3v) is 4.42. The van der Waals surface area contributed by atoms with Crippen LogP contribution >= 0.6 is 0 Å². The molecule has 0 unspecified atom stereocenters. The Balaban J connectivity index is 1.53. The number of pyridine rings is 1. The summed E-state index contributed by atoms with van der Waals surface area (Å²) in [4.78, 5) is 4.68. The molecule has 0 aliphatic carbocycles. The third kappa shape index (κ3) is 6.45. The lowest BCUT2D eigenvalue weighted by atomic mass is 10.3. The zero-order valence-corrected chi connectivity index (χ0v) is 17.7. The summed E-state index contributed by atoms with van der Waals surface area (Å²) in [5, 5.41) is 15.1. The molecule has 2 N–H and O–H groups in total. The van der Waals surface area contributed by atoms with E-state index >= 15 is 0 Å². The Labute approximate surface area is 177 Å². The van der Waals surface area contributed by atoms with Gasteiger partial charge in [-0.15, -0.1) is 10.2 Å². The van der Waals surface area contributed by atoms with Crippen LogP contribution in [0, 0.1) is 0 Å². The van der Waals surface area contributed by atoms with Crippen LogP contribution in [0.3, 0.4) is 0 Å². The summed E-state index contributed by atoms with van der Waals surface area (Å²) in [5.74, 6) is 2.53. The Morgan fingerprint density at radius 3 is 2.90 bits per heavy atom. The van der Waals surface area contributed by atoms with E-state index in [1.807, 2.05) is 53.1 Å². The van der Waals surface area contributed by atoms with Crippen molar-refractivity contribution in [3.8, 4) is 5.75 Å². The first-order valence-corrected chi connectivity index (χ1v) is 10.4. The molecule has 0 saturated carbocycles. The Kier molecular flexibility index (Phi) is 8.47. The van der Waals surface area contributed by atoms with E-state index in [1.165, 1.54) is 0 Å². The SMILES string of the molecule is CCNC(=NCCCc1nnc2ccccn12)Nc1cccc(OCCCOC)c1. The molecule has 0 amide bonds. The van der Waals surface area contributed by atoms with Crippen LogP contribution in [0.2, 0.25) is 0 Å². The van der Waals surface area contributed by atoms with Crippen molar-refractivity contribution >= 4 is 17.3 Å². The number of hydrogen-bond donors (Lipinski definition) is 2. The molecule has 30 heavy (non-hydrogen) atoms. The van der Waals surface area contributed by atoms with Gasteiger partial charge >= 0.3 is 0 Å². The number of aryl methyl sites for hydroxylation is 1. The van der Waals surface area contributed by atoms with Crippen molar-refractivity contribution in [3.63, 3.8) is 0 Å². The lowest BCUT2D eigenvalue weighted by molar-refractivity contribution is 0.172. The fourth-order valence-corrected chi connectivity index (χ4v) is 2.99. The molecule has 1 aromatic carbocycles. The molecule has 0 fully saturated rings. The first kappa shape index (κ1) is 21.6. The number of guanidine groups is 1. The maximum Gasteiger partial charge on any atom is 0.195 e. The molecular weight excluding hydrogens is 380 g/mol. The number of rotatable bonds is 11. The van der Waals surface area contributed by atoms with Crippen molar-refractivity contribution in [1.29, 1.82) is 0 Å². The first-order chi connectivity index (χ1) is 14.8. The van der Waals surface area contributed by atoms with Crippen molar-refractivity contribution in [3.05, 3.63) is 54.5 Å². The van der Waals surface area contributed by atoms with Crippen LogP contribution in [-0.2, 0) is 11.2 Å². The highest BCUT2D eigenvalue weighted by molar-refractivity contribution is 5.93. The molecule has 0 atom stereocenters. The van der Waals surface area contributed by atoms with Gasteiger partial charge in [-0.3, -0.25) is 9.39 Å². The molecule has 160 valence electrons. The van der Waals surface area contributed by atoms with Crippen LogP contribution in [-0.4, -0.2) is 54.0 Å². The minimum absolute atomic E-state index is 0.628. The molecule has 2 aromatic heterocycles. The van der Waals surface area contributed by atoms with Gasteiger partial charge in [0.1, 0.15) is 11.6 Å². The number of benzene rings is 1. The monoisotopic (exact) mass is 410 g/mol. The van der Waals surface area contributed by atoms with Crippen molar-refractivity contribution in [2.75, 3.05) is 38.7 Å². The number of nitrogens with zero attached hydrogens (tertiary/aromatic N) is 4. The van der Waals surface area contributed by atoms with E-state index < -0.39 is 0 Å². The highest BCUT2D eigenvalue weighted by Crippen LogP contribution is 2.17. The van der Waals surface area contributed by atoms with Gasteiger partial charge in [-0.1, -0.05) is 12.1 Å². The lowest BCUT2D eigenvalue weighted by Gasteiger charge is -2.13. The van der Waals surface area contributed by atoms with Gasteiger partial charge in [-0.25, -0.2) is 0 Å². The molecule has 2 heterocycles. The lowest BCUT2D eigenvalue weighted by Crippen LogP contribution is -2.30. The minimum Gasteiger partial charge on any atom is -0.493 e. The van der Waals surface area contributed by atoms with E-state index in [0.717, 1.165) is 54.7 Å². The second-order valence-corrected chi connectivity index (χ2v) is 6.76. The number of fused-ring (bicyclic) bond motifs is 1. The minimum atomic E-state index is 0.628. The molecule has 0 aliphatic heterocycles. The highest BCUT2D eigenvalue weighted by Gasteiger charge is 2.05. The van der Waals surface area contributed by atoms with E-state index in [4.69, 9.17) is 9.47 Å². The van der Waals surface area contributed by atoms with Crippen LogP contribution < -0.4 is 15.4 Å². The molecule has 8 nitrogen and oxygen atoms in total. The topological polar surface area (TPSA) is 85.1 Å². The zero-order chi connectivity index (χ0) is 21.0. The van der Waals surface area contributed by atoms with Gasteiger partial charge in [-0.2, -0.15) is 0 Å². The van der Waals surface area contributed by atoms with Gasteiger partial charge < -0.3 is 20.1 Å². The number of aliphatic imine (C=N–C) groups is 1. The van der Waals surface area contributed by atoms with E-state index in [1.54, 1.807) is 7.11 Å². The molecule has 0 aliphatic rings. The van der Waals surface area contributed by atoms with Gasteiger partial charge in [0, 0.05) is 57.6 Å². The number of nitrogens with one attached hydrogen (secondary N) is 2. The Morgan fingerprint density at radius 1 is 1.10 bits per heavy atom. The van der Waals surface area contributed by atoms with Crippen molar-refractivity contribution in [1.82, 2.24) is 19.9 Å². The highest BCUT2D eigenvalue weighted by atomic mass is 16.5. The summed E-state index contributed by atoms with van der Waals surface area (Å²) in [6, 6.07) is 13.8. The molecule has 0 saturated heterocycles. The summed E-state index contributed by atoms with van der Waals surface area (Å²) < 4.78 is 12.8. The predicted molar refractivity (Wildman–Crippen MR) is 119 cm³/mol. The van der Waals surface area contributed by atoms with Gasteiger partial charge in [0.05, 0.1) is 6.61 Å². The van der Waals surface area contributed by atoms with E-state index in [9.17, 15) is 0 Å². The number of methoxy groups -OCH3 is 1. The second-order valence-electron chi connectivity index (χ2n) is 6.76. The van der Waals surface area contributed by atoms with E-state index in [2.05, 4.69) is 32.7 Å². The number of aromatic nitrogens is 3. The van der Waals surface area contributed by atoms with Gasteiger partial charge in [0.15, 0.2) is 11.6 Å². The summed E-state index contributed by atoms with van der Waals surface area (Å²) in [6.45, 7) is 4.84. The first-order valence-electron chi connectivity index (χ1n) is 10.4. The van der Waals surface area contributed by atoms with Crippen molar-refractivity contribution < 1.29 is 9.47 Å². The largest absolute Gasteiger partial charge is 0.493 e. The summed E-state index contributed by atoms with van der Waals surface area (Å²) in [5.41, 5.74) is 1.80. The molecule has 0 bridgehead atoms. The average molecular weight is 411 g/mol. The molecule has 3 rings (SSSR count). The van der Waals surface area contributed by atoms with Gasteiger partial charge in [0.2, 0.25) is 0 Å². The van der Waals surface area contributed by atoms with E-state index in [0.29, 0.717) is 19.8 Å². The fraction of sp³-hybridized carbons (Fsp3) is 0.409. The Bertz CT molecular complexity index is 940. The maximum atomic E-state index is 5.77. The Morgan fingerprint density at radius 2 is 2.03 bits per heavy atom. The predicted octanol–water partition coefficient (Wildman–Crippen LogP) is 3.15. The van der Waals surface area contributed by atoms with Crippen LogP contribution in [0.5, 0.6) is 5.75 Å². The number of anilines is 1. The van der Waals surface area contributed by atoms with Crippen LogP contribution in [0.25, 0.3) is 5.65 Å². The number of ether oxygens (including phenoxy) is 2. The zero-order valence-electron chi connectivity index (χ0n) is 17.7. The van der Waals surface area contributed by atoms with Crippen LogP contribution in [0.15, 0.2) is 53.7 Å². The summed E-state index contributed by atoms with van der Waals surface area (Å²) in [7, 11) is 1.69. The standard InChI is InChI=1S/C22H30N6O2/c1-3-23-22(25-18-9-6-10-19(17-18)30-16-8-15-29-2)24-13-7-12-21-27-26-20-11-4-5-14-28(20)21/h4-6,9-11,14,17H,3,7-8,12-13,15-16H2,1-2H3,(H2,23,24,25). The van der Waals surface area contributed by atoms with Crippen molar-refractivity contribution in [2.24, 2.45) is 4.99 Å². The maximum absolute atomic E-state index is 5.77. The normalized spacial score (nSPS) is 11.6. The molecule has 8 heteroatoms. The van der Waals surface area contributed by atoms with Gasteiger partial charge in [0.25, 0.3) is 0 Å². The van der Waals surface area contributed by atoms with Crippen molar-refractivity contribution in [2.45, 2.75) is 26.2 Å². The number of hydrogen-bond acceptors (Lipinski definition) is 5. The Hall–Kier alpha value is -3.13. The molecule has 0 spiro atoms. The second kappa shape index (κ2) is 11.8. The fourth-order valence-electron chi connectivity index (χ4n) is 2.99. The molecule has 3 aromatic rings. The summed E-state index contributed by atoms with van der Waals surface area (Å²) >= 11 is 0. The molecular formula is C22H30N6O2. The quantitative estimate of drug-likeness (QED) is 0.287.